The quantitative estimate of drug-likeness (QED) is 0.416. The number of fused-ring (bicyclic) bond motifs is 1. The lowest BCUT2D eigenvalue weighted by molar-refractivity contribution is 0.0956. The molecule has 3 heterocycles. The molecule has 222 valence electrons. The van der Waals surface area contributed by atoms with E-state index in [1.54, 1.807) is 14.1 Å². The van der Waals surface area contributed by atoms with Gasteiger partial charge in [-0.25, -0.2) is 13.2 Å². The minimum Gasteiger partial charge on any atom is -0.331 e. The van der Waals surface area contributed by atoms with E-state index < -0.39 is 27.9 Å². The van der Waals surface area contributed by atoms with Crippen molar-refractivity contribution in [2.75, 3.05) is 39.0 Å². The summed E-state index contributed by atoms with van der Waals surface area (Å²) in [6, 6.07) is 15.4. The minimum absolute atomic E-state index is 0.147. The standard InChI is InChI=1S/C30H35N5O5S2/c1-33(2)30(38)32-28(37)26-24-15-18-34(19-21-9-5-3-6-10-21)20-25(24)41-29(26)31-27(36)22-11-13-23(14-12-22)42(39,40)35-16-7-4-8-17-35/h3,5-6,9-14H,4,7-8,15-20H2,1-2H3,(H,31,36)(H,32,37,38). The third kappa shape index (κ3) is 6.57. The number of amides is 4. The smallest absolute Gasteiger partial charge is 0.323 e. The first-order valence-electron chi connectivity index (χ1n) is 14.0. The molecule has 42 heavy (non-hydrogen) atoms. The van der Waals surface area contributed by atoms with Gasteiger partial charge in [0.1, 0.15) is 5.00 Å². The molecule has 2 aliphatic rings. The largest absolute Gasteiger partial charge is 0.331 e. The molecule has 1 fully saturated rings. The highest BCUT2D eigenvalue weighted by atomic mass is 32.2. The average molecular weight is 610 g/mol. The lowest BCUT2D eigenvalue weighted by atomic mass is 10.0. The van der Waals surface area contributed by atoms with E-state index in [0.29, 0.717) is 36.6 Å². The lowest BCUT2D eigenvalue weighted by Gasteiger charge is -2.27. The summed E-state index contributed by atoms with van der Waals surface area (Å²) in [5, 5.41) is 5.64. The van der Waals surface area contributed by atoms with E-state index in [9.17, 15) is 22.8 Å². The van der Waals surface area contributed by atoms with Gasteiger partial charge in [-0.05, 0) is 54.7 Å². The number of piperidine rings is 1. The van der Waals surface area contributed by atoms with Gasteiger partial charge in [0.2, 0.25) is 10.0 Å². The average Bonchev–Trinajstić information content (AvgIpc) is 3.35. The van der Waals surface area contributed by atoms with Crippen LogP contribution in [0.25, 0.3) is 0 Å². The van der Waals surface area contributed by atoms with Crippen LogP contribution in [-0.2, 0) is 29.5 Å². The molecule has 0 atom stereocenters. The number of thiophene rings is 1. The van der Waals surface area contributed by atoms with Gasteiger partial charge in [0, 0.05) is 57.3 Å². The van der Waals surface area contributed by atoms with Crippen LogP contribution in [0.5, 0.6) is 0 Å². The van der Waals surface area contributed by atoms with Crippen LogP contribution in [0.3, 0.4) is 0 Å². The van der Waals surface area contributed by atoms with Crippen molar-refractivity contribution in [2.24, 2.45) is 0 Å². The second kappa shape index (κ2) is 12.7. The maximum absolute atomic E-state index is 13.3. The molecular weight excluding hydrogens is 574 g/mol. The number of rotatable bonds is 7. The van der Waals surface area contributed by atoms with E-state index in [0.717, 1.165) is 42.8 Å². The normalized spacial score (nSPS) is 16.0. The Hall–Kier alpha value is -3.58. The Morgan fingerprint density at radius 3 is 2.26 bits per heavy atom. The first-order valence-corrected chi connectivity index (χ1v) is 16.2. The summed E-state index contributed by atoms with van der Waals surface area (Å²) < 4.78 is 27.5. The van der Waals surface area contributed by atoms with Crippen LogP contribution in [0, 0.1) is 0 Å². The van der Waals surface area contributed by atoms with Gasteiger partial charge in [-0.2, -0.15) is 4.31 Å². The molecule has 2 aromatic carbocycles. The Kier molecular flexibility index (Phi) is 9.07. The van der Waals surface area contributed by atoms with Crippen molar-refractivity contribution < 1.29 is 22.8 Å². The summed E-state index contributed by atoms with van der Waals surface area (Å²) >= 11 is 1.33. The first kappa shape index (κ1) is 29.9. The lowest BCUT2D eigenvalue weighted by Crippen LogP contribution is -2.39. The minimum atomic E-state index is -3.62. The zero-order valence-electron chi connectivity index (χ0n) is 23.8. The number of hydrogen-bond acceptors (Lipinski definition) is 7. The Labute approximate surface area is 250 Å². The number of hydrogen-bond donors (Lipinski definition) is 2. The van der Waals surface area contributed by atoms with Crippen molar-refractivity contribution >= 4 is 44.2 Å². The number of benzene rings is 2. The van der Waals surface area contributed by atoms with E-state index in [-0.39, 0.29) is 10.5 Å². The number of imide groups is 1. The summed E-state index contributed by atoms with van der Waals surface area (Å²) in [4.78, 5) is 43.6. The van der Waals surface area contributed by atoms with Crippen LogP contribution in [0.4, 0.5) is 9.80 Å². The van der Waals surface area contributed by atoms with Crippen LogP contribution in [0.15, 0.2) is 59.5 Å². The summed E-state index contributed by atoms with van der Waals surface area (Å²) in [5.41, 5.74) is 2.57. The van der Waals surface area contributed by atoms with E-state index in [2.05, 4.69) is 27.7 Å². The maximum Gasteiger partial charge on any atom is 0.323 e. The molecule has 0 spiro atoms. The molecular formula is C30H35N5O5S2. The van der Waals surface area contributed by atoms with Crippen LogP contribution in [-0.4, -0.2) is 74.1 Å². The number of carbonyl (C=O) groups is 3. The van der Waals surface area contributed by atoms with Crippen LogP contribution >= 0.6 is 11.3 Å². The number of nitrogens with zero attached hydrogens (tertiary/aromatic N) is 3. The topological polar surface area (TPSA) is 119 Å². The van der Waals surface area contributed by atoms with E-state index in [4.69, 9.17) is 0 Å². The van der Waals surface area contributed by atoms with Crippen LogP contribution in [0.1, 0.15) is 56.0 Å². The SMILES string of the molecule is CN(C)C(=O)NC(=O)c1c(NC(=O)c2ccc(S(=O)(=O)N3CCCCC3)cc2)sc2c1CCN(Cc1ccccc1)C2. The van der Waals surface area contributed by atoms with Gasteiger partial charge < -0.3 is 10.2 Å². The molecule has 10 nitrogen and oxygen atoms in total. The zero-order valence-corrected chi connectivity index (χ0v) is 25.4. The molecule has 2 aliphatic heterocycles. The third-order valence-corrected chi connectivity index (χ3v) is 10.6. The zero-order chi connectivity index (χ0) is 29.9. The highest BCUT2D eigenvalue weighted by molar-refractivity contribution is 7.89. The van der Waals surface area contributed by atoms with Crippen molar-refractivity contribution in [1.29, 1.82) is 0 Å². The fraction of sp³-hybridized carbons (Fsp3) is 0.367. The summed E-state index contributed by atoms with van der Waals surface area (Å²) in [5.74, 6) is -1.04. The first-order chi connectivity index (χ1) is 20.1. The van der Waals surface area contributed by atoms with Gasteiger partial charge >= 0.3 is 6.03 Å². The number of sulfonamides is 1. The summed E-state index contributed by atoms with van der Waals surface area (Å²) in [6.45, 7) is 3.08. The van der Waals surface area contributed by atoms with Crippen molar-refractivity contribution in [3.05, 3.63) is 81.7 Å². The molecule has 0 saturated carbocycles. The molecule has 12 heteroatoms. The Bertz CT molecular complexity index is 1560. The van der Waals surface area contributed by atoms with Crippen molar-refractivity contribution in [2.45, 2.75) is 43.7 Å². The Balaban J connectivity index is 1.37. The van der Waals surface area contributed by atoms with Gasteiger partial charge in [-0.3, -0.25) is 19.8 Å². The summed E-state index contributed by atoms with van der Waals surface area (Å²) in [7, 11) is -0.527. The monoisotopic (exact) mass is 609 g/mol. The van der Waals surface area contributed by atoms with Crippen molar-refractivity contribution in [1.82, 2.24) is 19.4 Å². The second-order valence-corrected chi connectivity index (χ2v) is 13.8. The van der Waals surface area contributed by atoms with Crippen LogP contribution < -0.4 is 10.6 Å². The van der Waals surface area contributed by atoms with Gasteiger partial charge in [0.15, 0.2) is 0 Å². The highest BCUT2D eigenvalue weighted by Gasteiger charge is 2.30. The highest BCUT2D eigenvalue weighted by Crippen LogP contribution is 2.38. The van der Waals surface area contributed by atoms with Crippen LogP contribution in [0.2, 0.25) is 0 Å². The fourth-order valence-electron chi connectivity index (χ4n) is 5.24. The molecule has 1 aromatic heterocycles. The molecule has 4 amide bonds. The molecule has 0 bridgehead atoms. The second-order valence-electron chi connectivity index (χ2n) is 10.8. The molecule has 3 aromatic rings. The number of anilines is 1. The van der Waals surface area contributed by atoms with E-state index in [1.165, 1.54) is 50.4 Å². The maximum atomic E-state index is 13.3. The molecule has 1 saturated heterocycles. The molecule has 0 radical (unpaired) electrons. The molecule has 0 unspecified atom stereocenters. The van der Waals surface area contributed by atoms with E-state index >= 15 is 0 Å². The summed E-state index contributed by atoms with van der Waals surface area (Å²) in [6.07, 6.45) is 3.29. The van der Waals surface area contributed by atoms with Crippen molar-refractivity contribution in [3.63, 3.8) is 0 Å². The van der Waals surface area contributed by atoms with E-state index in [1.807, 2.05) is 18.2 Å². The van der Waals surface area contributed by atoms with Gasteiger partial charge in [0.25, 0.3) is 11.8 Å². The number of urea groups is 1. The Morgan fingerprint density at radius 2 is 1.60 bits per heavy atom. The van der Waals surface area contributed by atoms with Gasteiger partial charge in [0.05, 0.1) is 10.5 Å². The number of nitrogens with one attached hydrogen (secondary N) is 2. The fourth-order valence-corrected chi connectivity index (χ4v) is 8.04. The number of carbonyl (C=O) groups excluding carboxylic acids is 3. The van der Waals surface area contributed by atoms with Crippen molar-refractivity contribution in [3.8, 4) is 0 Å². The molecule has 0 aliphatic carbocycles. The predicted octanol–water partition coefficient (Wildman–Crippen LogP) is 4.14. The predicted molar refractivity (Wildman–Crippen MR) is 162 cm³/mol. The third-order valence-electron chi connectivity index (χ3n) is 7.54. The molecule has 2 N–H and O–H groups in total. The molecule has 5 rings (SSSR count). The Morgan fingerprint density at radius 1 is 0.905 bits per heavy atom. The van der Waals surface area contributed by atoms with Gasteiger partial charge in [-0.15, -0.1) is 11.3 Å². The van der Waals surface area contributed by atoms with Gasteiger partial charge in [-0.1, -0.05) is 36.8 Å².